The molecule has 0 fully saturated rings. The van der Waals surface area contributed by atoms with Crippen LogP contribution >= 0.6 is 0 Å². The topological polar surface area (TPSA) is 47.3 Å². The first-order valence-electron chi connectivity index (χ1n) is 6.44. The summed E-state index contributed by atoms with van der Waals surface area (Å²) >= 11 is 0. The van der Waals surface area contributed by atoms with Crippen LogP contribution in [0.25, 0.3) is 10.8 Å². The van der Waals surface area contributed by atoms with E-state index in [-0.39, 0.29) is 12.1 Å². The van der Waals surface area contributed by atoms with Crippen molar-refractivity contribution < 1.29 is 4.74 Å². The molecule has 0 bridgehead atoms. The first kappa shape index (κ1) is 11.4. The van der Waals surface area contributed by atoms with Gasteiger partial charge in [0.2, 0.25) is 0 Å². The van der Waals surface area contributed by atoms with Crippen LogP contribution in [0.3, 0.4) is 0 Å². The molecule has 3 heteroatoms. The molecule has 0 aliphatic carbocycles. The van der Waals surface area contributed by atoms with Gasteiger partial charge in [-0.05, 0) is 31.3 Å². The van der Waals surface area contributed by atoms with Gasteiger partial charge in [0.05, 0.1) is 11.7 Å². The van der Waals surface area contributed by atoms with Crippen LogP contribution in [-0.2, 0) is 0 Å². The molecule has 0 saturated carbocycles. The number of anilines is 1. The molecule has 1 aliphatic heterocycles. The molecular formula is C15H18N2O. The lowest BCUT2D eigenvalue weighted by Gasteiger charge is -2.33. The van der Waals surface area contributed by atoms with E-state index in [1.54, 1.807) is 0 Å². The molecule has 2 atom stereocenters. The van der Waals surface area contributed by atoms with Crippen molar-refractivity contribution in [1.82, 2.24) is 0 Å². The van der Waals surface area contributed by atoms with E-state index in [1.165, 1.54) is 10.8 Å². The fourth-order valence-electron chi connectivity index (χ4n) is 2.56. The molecule has 2 aromatic rings. The zero-order valence-corrected chi connectivity index (χ0v) is 10.5. The Balaban J connectivity index is 2.06. The SMILES string of the molecule is CC1Nc2c(ccc3ccccc23)OC1CCN. The van der Waals surface area contributed by atoms with Crippen LogP contribution in [0.2, 0.25) is 0 Å². The van der Waals surface area contributed by atoms with E-state index in [0.717, 1.165) is 17.9 Å². The lowest BCUT2D eigenvalue weighted by molar-refractivity contribution is 0.168. The molecule has 0 radical (unpaired) electrons. The maximum atomic E-state index is 6.05. The Morgan fingerprint density at radius 1 is 1.22 bits per heavy atom. The average Bonchev–Trinajstić information content (AvgIpc) is 2.40. The minimum Gasteiger partial charge on any atom is -0.486 e. The van der Waals surface area contributed by atoms with Crippen molar-refractivity contribution in [3.8, 4) is 5.75 Å². The third-order valence-corrected chi connectivity index (χ3v) is 3.55. The van der Waals surface area contributed by atoms with Crippen LogP contribution in [0.15, 0.2) is 36.4 Å². The normalized spacial score (nSPS) is 22.1. The van der Waals surface area contributed by atoms with Crippen LogP contribution in [0, 0.1) is 0 Å². The van der Waals surface area contributed by atoms with Gasteiger partial charge in [-0.1, -0.05) is 30.3 Å². The molecule has 18 heavy (non-hydrogen) atoms. The Bertz CT molecular complexity index is 567. The predicted octanol–water partition coefficient (Wildman–Crippen LogP) is 2.75. The van der Waals surface area contributed by atoms with Gasteiger partial charge in [-0.2, -0.15) is 0 Å². The van der Waals surface area contributed by atoms with Crippen molar-refractivity contribution >= 4 is 16.5 Å². The number of ether oxygens (including phenoxy) is 1. The highest BCUT2D eigenvalue weighted by Crippen LogP contribution is 2.38. The average molecular weight is 242 g/mol. The fourth-order valence-corrected chi connectivity index (χ4v) is 2.56. The molecule has 1 aliphatic rings. The molecule has 3 nitrogen and oxygen atoms in total. The number of nitrogens with two attached hydrogens (primary N) is 1. The third-order valence-electron chi connectivity index (χ3n) is 3.55. The van der Waals surface area contributed by atoms with Crippen LogP contribution in [0.1, 0.15) is 13.3 Å². The molecule has 2 unspecified atom stereocenters. The van der Waals surface area contributed by atoms with Crippen molar-refractivity contribution in [3.05, 3.63) is 36.4 Å². The van der Waals surface area contributed by atoms with Gasteiger partial charge in [-0.3, -0.25) is 0 Å². The summed E-state index contributed by atoms with van der Waals surface area (Å²) in [5.74, 6) is 0.935. The third kappa shape index (κ3) is 1.81. The molecule has 0 spiro atoms. The van der Waals surface area contributed by atoms with Crippen molar-refractivity contribution in [1.29, 1.82) is 0 Å². The highest BCUT2D eigenvalue weighted by molar-refractivity contribution is 5.97. The van der Waals surface area contributed by atoms with Crippen LogP contribution < -0.4 is 15.8 Å². The van der Waals surface area contributed by atoms with Gasteiger partial charge in [0.15, 0.2) is 0 Å². The van der Waals surface area contributed by atoms with Gasteiger partial charge in [-0.25, -0.2) is 0 Å². The van der Waals surface area contributed by atoms with Gasteiger partial charge >= 0.3 is 0 Å². The van der Waals surface area contributed by atoms with E-state index >= 15 is 0 Å². The lowest BCUT2D eigenvalue weighted by Crippen LogP contribution is -2.40. The Kier molecular flexibility index (Phi) is 2.84. The van der Waals surface area contributed by atoms with E-state index in [4.69, 9.17) is 10.5 Å². The summed E-state index contributed by atoms with van der Waals surface area (Å²) in [6, 6.07) is 12.8. The molecule has 1 heterocycles. The monoisotopic (exact) mass is 242 g/mol. The first-order valence-corrected chi connectivity index (χ1v) is 6.44. The molecular weight excluding hydrogens is 224 g/mol. The van der Waals surface area contributed by atoms with E-state index in [0.29, 0.717) is 6.54 Å². The number of nitrogens with one attached hydrogen (secondary N) is 1. The summed E-state index contributed by atoms with van der Waals surface area (Å²) in [5.41, 5.74) is 6.73. The summed E-state index contributed by atoms with van der Waals surface area (Å²) < 4.78 is 6.05. The molecule has 3 N–H and O–H groups in total. The Morgan fingerprint density at radius 2 is 2.06 bits per heavy atom. The van der Waals surface area contributed by atoms with Crippen molar-refractivity contribution in [2.45, 2.75) is 25.5 Å². The van der Waals surface area contributed by atoms with E-state index < -0.39 is 0 Å². The zero-order chi connectivity index (χ0) is 12.5. The van der Waals surface area contributed by atoms with E-state index in [1.807, 2.05) is 6.07 Å². The van der Waals surface area contributed by atoms with Gasteiger partial charge < -0.3 is 15.8 Å². The minimum atomic E-state index is 0.156. The Morgan fingerprint density at radius 3 is 2.89 bits per heavy atom. The van der Waals surface area contributed by atoms with Crippen LogP contribution in [0.5, 0.6) is 5.75 Å². The maximum Gasteiger partial charge on any atom is 0.143 e. The molecule has 0 aromatic heterocycles. The fraction of sp³-hybridized carbons (Fsp3) is 0.333. The quantitative estimate of drug-likeness (QED) is 0.851. The van der Waals surface area contributed by atoms with Crippen molar-refractivity contribution in [2.24, 2.45) is 5.73 Å². The van der Waals surface area contributed by atoms with E-state index in [9.17, 15) is 0 Å². The summed E-state index contributed by atoms with van der Waals surface area (Å²) in [5, 5.41) is 6.01. The zero-order valence-electron chi connectivity index (χ0n) is 10.5. The minimum absolute atomic E-state index is 0.156. The predicted molar refractivity (Wildman–Crippen MR) is 75.1 cm³/mol. The van der Waals surface area contributed by atoms with Gasteiger partial charge in [0.25, 0.3) is 0 Å². The number of fused-ring (bicyclic) bond motifs is 3. The molecule has 3 rings (SSSR count). The second kappa shape index (κ2) is 4.50. The second-order valence-corrected chi connectivity index (χ2v) is 4.83. The lowest BCUT2D eigenvalue weighted by atomic mass is 10.0. The highest BCUT2D eigenvalue weighted by atomic mass is 16.5. The summed E-state index contributed by atoms with van der Waals surface area (Å²) in [4.78, 5) is 0. The van der Waals surface area contributed by atoms with Crippen LogP contribution in [0.4, 0.5) is 5.69 Å². The number of benzene rings is 2. The van der Waals surface area contributed by atoms with Gasteiger partial charge in [0.1, 0.15) is 11.9 Å². The van der Waals surface area contributed by atoms with Crippen molar-refractivity contribution in [3.63, 3.8) is 0 Å². The summed E-state index contributed by atoms with van der Waals surface area (Å²) in [6.07, 6.45) is 1.03. The largest absolute Gasteiger partial charge is 0.486 e. The smallest absolute Gasteiger partial charge is 0.143 e. The summed E-state index contributed by atoms with van der Waals surface area (Å²) in [6.45, 7) is 2.80. The van der Waals surface area contributed by atoms with Crippen molar-refractivity contribution in [2.75, 3.05) is 11.9 Å². The highest BCUT2D eigenvalue weighted by Gasteiger charge is 2.26. The molecule has 2 aromatic carbocycles. The Hall–Kier alpha value is -1.74. The first-order chi connectivity index (χ1) is 8.79. The molecule has 0 saturated heterocycles. The molecule has 94 valence electrons. The van der Waals surface area contributed by atoms with Gasteiger partial charge in [0, 0.05) is 5.39 Å². The number of hydrogen-bond acceptors (Lipinski definition) is 3. The Labute approximate surface area is 107 Å². The number of hydrogen-bond donors (Lipinski definition) is 2. The van der Waals surface area contributed by atoms with E-state index in [2.05, 4.69) is 42.6 Å². The summed E-state index contributed by atoms with van der Waals surface area (Å²) in [7, 11) is 0. The maximum absolute atomic E-state index is 6.05. The van der Waals surface area contributed by atoms with Crippen LogP contribution in [-0.4, -0.2) is 18.7 Å². The number of rotatable bonds is 2. The molecule has 0 amide bonds. The second-order valence-electron chi connectivity index (χ2n) is 4.83. The standard InChI is InChI=1S/C15H18N2O/c1-10-13(8-9-16)18-14-7-6-11-4-2-3-5-12(11)15(14)17-10/h2-7,10,13,17H,8-9,16H2,1H3. The van der Waals surface area contributed by atoms with Gasteiger partial charge in [-0.15, -0.1) is 0 Å².